The van der Waals surface area contributed by atoms with Gasteiger partial charge in [0.15, 0.2) is 5.65 Å². The van der Waals surface area contributed by atoms with Crippen molar-refractivity contribution in [2.24, 2.45) is 0 Å². The van der Waals surface area contributed by atoms with Gasteiger partial charge in [-0.3, -0.25) is 0 Å². The van der Waals surface area contributed by atoms with E-state index in [2.05, 4.69) is 56.5 Å². The van der Waals surface area contributed by atoms with Gasteiger partial charge in [0.05, 0.1) is 11.9 Å². The van der Waals surface area contributed by atoms with E-state index < -0.39 is 0 Å². The van der Waals surface area contributed by atoms with E-state index in [9.17, 15) is 0 Å². The summed E-state index contributed by atoms with van der Waals surface area (Å²) >= 11 is 0. The van der Waals surface area contributed by atoms with E-state index in [0.29, 0.717) is 18.5 Å². The van der Waals surface area contributed by atoms with Crippen molar-refractivity contribution in [3.8, 4) is 5.69 Å². The molecular weight excluding hydrogens is 388 g/mol. The standard InChI is InChI=1S/C23H26N8/c1-9-26-30(11-1)19-6-2-16(3-7-19)13-25-22-12-21(28-18-8-10-24-14-18)29-23-20(17-4-5-17)15-27-31(22)23/h1-3,6-7,9,11-12,15,17-18,24-25H,4-5,8,10,13-14H2,(H,28,29). The lowest BCUT2D eigenvalue weighted by Crippen LogP contribution is -2.23. The molecule has 0 bridgehead atoms. The smallest absolute Gasteiger partial charge is 0.163 e. The van der Waals surface area contributed by atoms with Gasteiger partial charge in [-0.15, -0.1) is 0 Å². The van der Waals surface area contributed by atoms with Crippen molar-refractivity contribution in [3.63, 3.8) is 0 Å². The van der Waals surface area contributed by atoms with Crippen LogP contribution >= 0.6 is 0 Å². The molecule has 2 aliphatic rings. The van der Waals surface area contributed by atoms with E-state index in [0.717, 1.165) is 42.5 Å². The van der Waals surface area contributed by atoms with Gasteiger partial charge in [0, 0.05) is 43.2 Å². The second-order valence-electron chi connectivity index (χ2n) is 8.44. The lowest BCUT2D eigenvalue weighted by molar-refractivity contribution is 0.786. The number of fused-ring (bicyclic) bond motifs is 1. The Kier molecular flexibility index (Phi) is 4.57. The minimum absolute atomic E-state index is 0.421. The van der Waals surface area contributed by atoms with Crippen LogP contribution in [0.25, 0.3) is 11.3 Å². The van der Waals surface area contributed by atoms with Crippen LogP contribution in [0.4, 0.5) is 11.6 Å². The number of hydrogen-bond donors (Lipinski definition) is 3. The Morgan fingerprint density at radius 2 is 2.00 bits per heavy atom. The Bertz CT molecular complexity index is 1170. The summed E-state index contributed by atoms with van der Waals surface area (Å²) in [5, 5.41) is 19.5. The van der Waals surface area contributed by atoms with Crippen LogP contribution in [0.2, 0.25) is 0 Å². The van der Waals surface area contributed by atoms with Gasteiger partial charge in [-0.25, -0.2) is 9.67 Å². The highest BCUT2D eigenvalue weighted by molar-refractivity contribution is 5.62. The molecule has 31 heavy (non-hydrogen) atoms. The van der Waals surface area contributed by atoms with E-state index in [1.165, 1.54) is 24.0 Å². The molecule has 158 valence electrons. The first-order valence-electron chi connectivity index (χ1n) is 11.0. The Morgan fingerprint density at radius 3 is 2.74 bits per heavy atom. The molecule has 1 aromatic carbocycles. The van der Waals surface area contributed by atoms with E-state index in [1.807, 2.05) is 27.7 Å². The molecule has 1 aliphatic heterocycles. The third-order valence-electron chi connectivity index (χ3n) is 6.11. The molecule has 1 saturated heterocycles. The number of rotatable bonds is 7. The number of benzene rings is 1. The molecule has 2 fully saturated rings. The number of nitrogens with one attached hydrogen (secondary N) is 3. The van der Waals surface area contributed by atoms with Crippen molar-refractivity contribution in [1.82, 2.24) is 29.7 Å². The maximum Gasteiger partial charge on any atom is 0.163 e. The molecule has 1 aliphatic carbocycles. The first-order chi connectivity index (χ1) is 15.3. The number of nitrogens with zero attached hydrogens (tertiary/aromatic N) is 5. The zero-order valence-corrected chi connectivity index (χ0v) is 17.3. The van der Waals surface area contributed by atoms with Crippen LogP contribution in [0.5, 0.6) is 0 Å². The van der Waals surface area contributed by atoms with Crippen LogP contribution in [-0.2, 0) is 6.54 Å². The van der Waals surface area contributed by atoms with Crippen LogP contribution < -0.4 is 16.0 Å². The summed E-state index contributed by atoms with van der Waals surface area (Å²) in [4.78, 5) is 4.93. The molecule has 3 N–H and O–H groups in total. The zero-order chi connectivity index (χ0) is 20.6. The molecule has 0 spiro atoms. The average Bonchev–Trinajstić information content (AvgIpc) is 3.19. The fourth-order valence-corrected chi connectivity index (χ4v) is 4.23. The van der Waals surface area contributed by atoms with Crippen LogP contribution in [0, 0.1) is 0 Å². The molecule has 0 radical (unpaired) electrons. The molecule has 3 aromatic heterocycles. The molecule has 4 aromatic rings. The van der Waals surface area contributed by atoms with Gasteiger partial charge in [0.1, 0.15) is 11.6 Å². The van der Waals surface area contributed by atoms with Crippen molar-refractivity contribution in [2.45, 2.75) is 37.8 Å². The normalized spacial score (nSPS) is 18.5. The third-order valence-corrected chi connectivity index (χ3v) is 6.11. The van der Waals surface area contributed by atoms with Crippen molar-refractivity contribution in [2.75, 3.05) is 23.7 Å². The third kappa shape index (κ3) is 3.74. The summed E-state index contributed by atoms with van der Waals surface area (Å²) in [6, 6.07) is 12.9. The molecule has 0 amide bonds. The van der Waals surface area contributed by atoms with E-state index in [4.69, 9.17) is 4.98 Å². The first kappa shape index (κ1) is 18.4. The van der Waals surface area contributed by atoms with Crippen molar-refractivity contribution in [1.29, 1.82) is 0 Å². The highest BCUT2D eigenvalue weighted by Gasteiger charge is 2.28. The summed E-state index contributed by atoms with van der Waals surface area (Å²) in [5.41, 5.74) is 4.48. The number of hydrogen-bond acceptors (Lipinski definition) is 6. The maximum absolute atomic E-state index is 4.93. The van der Waals surface area contributed by atoms with Gasteiger partial charge >= 0.3 is 0 Å². The second kappa shape index (κ2) is 7.70. The fraction of sp³-hybridized carbons (Fsp3) is 0.348. The van der Waals surface area contributed by atoms with Gasteiger partial charge in [-0.2, -0.15) is 14.7 Å². The quantitative estimate of drug-likeness (QED) is 0.431. The van der Waals surface area contributed by atoms with Crippen LogP contribution in [-0.4, -0.2) is 43.5 Å². The first-order valence-corrected chi connectivity index (χ1v) is 11.0. The molecule has 4 heterocycles. The molecule has 8 heteroatoms. The van der Waals surface area contributed by atoms with E-state index >= 15 is 0 Å². The molecule has 1 unspecified atom stereocenters. The fourth-order valence-electron chi connectivity index (χ4n) is 4.23. The Labute approximate surface area is 180 Å². The maximum atomic E-state index is 4.93. The van der Waals surface area contributed by atoms with Crippen LogP contribution in [0.15, 0.2) is 55.0 Å². The summed E-state index contributed by atoms with van der Waals surface area (Å²) < 4.78 is 3.81. The topological polar surface area (TPSA) is 84.1 Å². The van der Waals surface area contributed by atoms with Gasteiger partial charge in [0.2, 0.25) is 0 Å². The highest BCUT2D eigenvalue weighted by Crippen LogP contribution is 2.42. The molecular formula is C23H26N8. The molecule has 6 rings (SSSR count). The summed E-state index contributed by atoms with van der Waals surface area (Å²) in [6.45, 7) is 2.74. The Balaban J connectivity index is 1.26. The van der Waals surface area contributed by atoms with Gasteiger partial charge in [-0.05, 0) is 55.5 Å². The molecule has 1 atom stereocenters. The SMILES string of the molecule is c1cnn(-c2ccc(CNc3cc(NC4CCNC4)nc4c(C5CC5)cnn34)cc2)c1. The molecule has 8 nitrogen and oxygen atoms in total. The van der Waals surface area contributed by atoms with Gasteiger partial charge in [-0.1, -0.05) is 12.1 Å². The monoisotopic (exact) mass is 414 g/mol. The van der Waals surface area contributed by atoms with Crippen LogP contribution in [0.1, 0.15) is 36.3 Å². The predicted molar refractivity (Wildman–Crippen MR) is 121 cm³/mol. The van der Waals surface area contributed by atoms with Crippen LogP contribution in [0.3, 0.4) is 0 Å². The van der Waals surface area contributed by atoms with E-state index in [-0.39, 0.29) is 0 Å². The van der Waals surface area contributed by atoms with Gasteiger partial charge in [0.25, 0.3) is 0 Å². The lowest BCUT2D eigenvalue weighted by atomic mass is 10.2. The van der Waals surface area contributed by atoms with E-state index in [1.54, 1.807) is 6.20 Å². The van der Waals surface area contributed by atoms with Crippen molar-refractivity contribution < 1.29 is 0 Å². The molecule has 1 saturated carbocycles. The predicted octanol–water partition coefficient (Wildman–Crippen LogP) is 3.18. The van der Waals surface area contributed by atoms with Gasteiger partial charge < -0.3 is 16.0 Å². The Hall–Kier alpha value is -3.39. The lowest BCUT2D eigenvalue weighted by Gasteiger charge is -2.15. The average molecular weight is 415 g/mol. The minimum Gasteiger partial charge on any atom is -0.366 e. The summed E-state index contributed by atoms with van der Waals surface area (Å²) in [6.07, 6.45) is 9.32. The summed E-state index contributed by atoms with van der Waals surface area (Å²) in [7, 11) is 0. The summed E-state index contributed by atoms with van der Waals surface area (Å²) in [5.74, 6) is 2.48. The Morgan fingerprint density at radius 1 is 1.10 bits per heavy atom. The number of anilines is 2. The van der Waals surface area contributed by atoms with Crippen molar-refractivity contribution >= 4 is 17.3 Å². The minimum atomic E-state index is 0.421. The number of aromatic nitrogens is 5. The second-order valence-corrected chi connectivity index (χ2v) is 8.44. The van der Waals surface area contributed by atoms with Crippen molar-refractivity contribution in [3.05, 3.63) is 66.1 Å². The zero-order valence-electron chi connectivity index (χ0n) is 17.3. The highest BCUT2D eigenvalue weighted by atomic mass is 15.3. The largest absolute Gasteiger partial charge is 0.366 e.